The van der Waals surface area contributed by atoms with E-state index in [1.54, 1.807) is 26.1 Å². The summed E-state index contributed by atoms with van der Waals surface area (Å²) in [7, 11) is 1.67. The summed E-state index contributed by atoms with van der Waals surface area (Å²) in [6.45, 7) is 5.42. The van der Waals surface area contributed by atoms with Crippen LogP contribution in [0.3, 0.4) is 0 Å². The van der Waals surface area contributed by atoms with Crippen LogP contribution in [0.4, 0.5) is 5.69 Å². The molecule has 0 spiro atoms. The molecule has 0 heterocycles. The molecule has 0 aliphatic heterocycles. The number of ether oxygens (including phenoxy) is 1. The molecule has 0 fully saturated rings. The van der Waals surface area contributed by atoms with E-state index in [1.807, 2.05) is 50.2 Å². The van der Waals surface area contributed by atoms with Crippen LogP contribution in [0, 0.1) is 13.8 Å². The van der Waals surface area contributed by atoms with Crippen LogP contribution in [0.25, 0.3) is 0 Å². The van der Waals surface area contributed by atoms with Crippen molar-refractivity contribution in [3.05, 3.63) is 65.2 Å². The van der Waals surface area contributed by atoms with Gasteiger partial charge in [0.1, 0.15) is 0 Å². The first kappa shape index (κ1) is 16.7. The number of esters is 1. The van der Waals surface area contributed by atoms with Gasteiger partial charge in [-0.05, 0) is 45.0 Å². The molecule has 2 aromatic carbocycles. The number of carbonyl (C=O) groups excluding carboxylic acids is 2. The fraction of sp³-hybridized carbons (Fsp3) is 0.263. The fourth-order valence-electron chi connectivity index (χ4n) is 2.42. The monoisotopic (exact) mass is 311 g/mol. The van der Waals surface area contributed by atoms with Crippen molar-refractivity contribution in [1.29, 1.82) is 0 Å². The number of nitrogens with zero attached hydrogens (tertiary/aromatic N) is 1. The van der Waals surface area contributed by atoms with Gasteiger partial charge in [-0.2, -0.15) is 0 Å². The standard InChI is InChI=1S/C19H21NO3/c1-13-10-14(2)12-16(11-13)19(22)23-15(3)18(21)20(4)17-8-6-5-7-9-17/h5-12,15H,1-4H3/t15-/m0/s1. The van der Waals surface area contributed by atoms with Gasteiger partial charge in [0, 0.05) is 12.7 Å². The Hall–Kier alpha value is -2.62. The van der Waals surface area contributed by atoms with Crippen LogP contribution in [0.15, 0.2) is 48.5 Å². The maximum Gasteiger partial charge on any atom is 0.338 e. The van der Waals surface area contributed by atoms with Crippen LogP contribution in [-0.2, 0) is 9.53 Å². The molecule has 1 amide bonds. The molecular formula is C19H21NO3. The summed E-state index contributed by atoms with van der Waals surface area (Å²) >= 11 is 0. The molecule has 1 atom stereocenters. The maximum absolute atomic E-state index is 12.4. The third kappa shape index (κ3) is 4.19. The lowest BCUT2D eigenvalue weighted by atomic mass is 10.1. The van der Waals surface area contributed by atoms with E-state index in [1.165, 1.54) is 4.90 Å². The number of carbonyl (C=O) groups is 2. The molecule has 0 saturated heterocycles. The Balaban J connectivity index is 2.07. The van der Waals surface area contributed by atoms with Crippen molar-refractivity contribution in [1.82, 2.24) is 0 Å². The zero-order valence-electron chi connectivity index (χ0n) is 13.9. The Morgan fingerprint density at radius 3 is 2.13 bits per heavy atom. The number of hydrogen-bond donors (Lipinski definition) is 0. The highest BCUT2D eigenvalue weighted by Crippen LogP contribution is 2.15. The van der Waals surface area contributed by atoms with Gasteiger partial charge >= 0.3 is 5.97 Å². The van der Waals surface area contributed by atoms with Gasteiger partial charge in [-0.25, -0.2) is 4.79 Å². The first-order valence-corrected chi connectivity index (χ1v) is 7.50. The highest BCUT2D eigenvalue weighted by atomic mass is 16.5. The average Bonchev–Trinajstić information content (AvgIpc) is 2.53. The number of likely N-dealkylation sites (N-methyl/N-ethyl adjacent to an activating group) is 1. The molecule has 2 aromatic rings. The third-order valence-electron chi connectivity index (χ3n) is 3.56. The average molecular weight is 311 g/mol. The van der Waals surface area contributed by atoms with Crippen LogP contribution in [-0.4, -0.2) is 25.0 Å². The largest absolute Gasteiger partial charge is 0.449 e. The zero-order valence-corrected chi connectivity index (χ0v) is 13.9. The minimum atomic E-state index is -0.853. The highest BCUT2D eigenvalue weighted by molar-refractivity contribution is 5.98. The van der Waals surface area contributed by atoms with Crippen LogP contribution in [0.2, 0.25) is 0 Å². The van der Waals surface area contributed by atoms with Gasteiger partial charge in [-0.15, -0.1) is 0 Å². The molecule has 0 aliphatic rings. The number of hydrogen-bond acceptors (Lipinski definition) is 3. The first-order valence-electron chi connectivity index (χ1n) is 7.50. The Morgan fingerprint density at radius 2 is 1.57 bits per heavy atom. The Bertz CT molecular complexity index is 690. The Kier molecular flexibility index (Phi) is 5.16. The fourth-order valence-corrected chi connectivity index (χ4v) is 2.42. The lowest BCUT2D eigenvalue weighted by Gasteiger charge is -2.21. The van der Waals surface area contributed by atoms with Gasteiger partial charge in [0.25, 0.3) is 5.91 Å². The highest BCUT2D eigenvalue weighted by Gasteiger charge is 2.23. The molecule has 0 N–H and O–H groups in total. The summed E-state index contributed by atoms with van der Waals surface area (Å²) in [5, 5.41) is 0. The lowest BCUT2D eigenvalue weighted by molar-refractivity contribution is -0.126. The molecule has 120 valence electrons. The SMILES string of the molecule is Cc1cc(C)cc(C(=O)O[C@@H](C)C(=O)N(C)c2ccccc2)c1. The summed E-state index contributed by atoms with van der Waals surface area (Å²) in [6.07, 6.45) is -0.853. The molecule has 0 radical (unpaired) electrons. The number of aryl methyl sites for hydroxylation is 2. The summed E-state index contributed by atoms with van der Waals surface area (Å²) in [6, 6.07) is 14.7. The van der Waals surface area contributed by atoms with Crippen molar-refractivity contribution in [3.8, 4) is 0 Å². The number of benzene rings is 2. The van der Waals surface area contributed by atoms with E-state index in [0.29, 0.717) is 5.56 Å². The van der Waals surface area contributed by atoms with Crippen LogP contribution < -0.4 is 4.90 Å². The van der Waals surface area contributed by atoms with Gasteiger partial charge in [-0.3, -0.25) is 4.79 Å². The summed E-state index contributed by atoms with van der Waals surface area (Å²) < 4.78 is 5.32. The zero-order chi connectivity index (χ0) is 17.0. The second-order valence-corrected chi connectivity index (χ2v) is 5.66. The molecule has 23 heavy (non-hydrogen) atoms. The van der Waals surface area contributed by atoms with E-state index in [0.717, 1.165) is 16.8 Å². The van der Waals surface area contributed by atoms with E-state index in [4.69, 9.17) is 4.74 Å². The third-order valence-corrected chi connectivity index (χ3v) is 3.56. The van der Waals surface area contributed by atoms with Crippen molar-refractivity contribution >= 4 is 17.6 Å². The molecule has 0 aliphatic carbocycles. The van der Waals surface area contributed by atoms with Crippen molar-refractivity contribution < 1.29 is 14.3 Å². The van der Waals surface area contributed by atoms with E-state index in [-0.39, 0.29) is 5.91 Å². The van der Waals surface area contributed by atoms with Crippen molar-refractivity contribution in [2.75, 3.05) is 11.9 Å². The van der Waals surface area contributed by atoms with Gasteiger partial charge < -0.3 is 9.64 Å². The lowest BCUT2D eigenvalue weighted by Crippen LogP contribution is -2.37. The molecule has 0 bridgehead atoms. The van der Waals surface area contributed by atoms with E-state index in [9.17, 15) is 9.59 Å². The summed E-state index contributed by atoms with van der Waals surface area (Å²) in [4.78, 5) is 26.1. The van der Waals surface area contributed by atoms with Crippen molar-refractivity contribution in [2.24, 2.45) is 0 Å². The van der Waals surface area contributed by atoms with Crippen molar-refractivity contribution in [3.63, 3.8) is 0 Å². The normalized spacial score (nSPS) is 11.7. The summed E-state index contributed by atoms with van der Waals surface area (Å²) in [5.74, 6) is -0.756. The minimum Gasteiger partial charge on any atom is -0.449 e. The Labute approximate surface area is 136 Å². The predicted molar refractivity (Wildman–Crippen MR) is 90.6 cm³/mol. The molecule has 0 unspecified atom stereocenters. The van der Waals surface area contributed by atoms with Crippen LogP contribution in [0.1, 0.15) is 28.4 Å². The quantitative estimate of drug-likeness (QED) is 0.812. The molecule has 0 aromatic heterocycles. The van der Waals surface area contributed by atoms with Gasteiger partial charge in [0.05, 0.1) is 5.56 Å². The van der Waals surface area contributed by atoms with Gasteiger partial charge in [0.2, 0.25) is 0 Å². The van der Waals surface area contributed by atoms with E-state index < -0.39 is 12.1 Å². The molecule has 4 heteroatoms. The van der Waals surface area contributed by atoms with E-state index >= 15 is 0 Å². The van der Waals surface area contributed by atoms with Gasteiger partial charge in [-0.1, -0.05) is 35.4 Å². The number of rotatable bonds is 4. The second kappa shape index (κ2) is 7.09. The number of para-hydroxylation sites is 1. The summed E-state index contributed by atoms with van der Waals surface area (Å²) in [5.41, 5.74) is 3.19. The molecular weight excluding hydrogens is 290 g/mol. The number of amides is 1. The first-order chi connectivity index (χ1) is 10.9. The predicted octanol–water partition coefficient (Wildman–Crippen LogP) is 3.51. The maximum atomic E-state index is 12.4. The molecule has 2 rings (SSSR count). The smallest absolute Gasteiger partial charge is 0.338 e. The van der Waals surface area contributed by atoms with Crippen LogP contribution >= 0.6 is 0 Å². The molecule has 0 saturated carbocycles. The minimum absolute atomic E-state index is 0.270. The van der Waals surface area contributed by atoms with Crippen LogP contribution in [0.5, 0.6) is 0 Å². The molecule has 4 nitrogen and oxygen atoms in total. The van der Waals surface area contributed by atoms with E-state index in [2.05, 4.69) is 0 Å². The van der Waals surface area contributed by atoms with Crippen molar-refractivity contribution in [2.45, 2.75) is 26.9 Å². The second-order valence-electron chi connectivity index (χ2n) is 5.66. The number of anilines is 1. The Morgan fingerprint density at radius 1 is 1.00 bits per heavy atom. The van der Waals surface area contributed by atoms with Gasteiger partial charge in [0.15, 0.2) is 6.10 Å². The topological polar surface area (TPSA) is 46.6 Å².